The maximum atomic E-state index is 13.1. The van der Waals surface area contributed by atoms with Gasteiger partial charge in [-0.1, -0.05) is 30.3 Å². The molecule has 1 N–H and O–H groups in total. The number of carbonyl (C=O) groups excluding carboxylic acids is 1. The van der Waals surface area contributed by atoms with Crippen molar-refractivity contribution in [1.29, 1.82) is 0 Å². The Morgan fingerprint density at radius 2 is 1.81 bits per heavy atom. The highest BCUT2D eigenvalue weighted by Gasteiger charge is 2.26. The molecule has 4 nitrogen and oxygen atoms in total. The van der Waals surface area contributed by atoms with Gasteiger partial charge in [-0.2, -0.15) is 0 Å². The van der Waals surface area contributed by atoms with Crippen LogP contribution in [0.2, 0.25) is 0 Å². The summed E-state index contributed by atoms with van der Waals surface area (Å²) in [6, 6.07) is 13.1. The van der Waals surface area contributed by atoms with E-state index in [1.54, 1.807) is 0 Å². The lowest BCUT2D eigenvalue weighted by atomic mass is 10.0. The van der Waals surface area contributed by atoms with Crippen LogP contribution in [0.25, 0.3) is 0 Å². The van der Waals surface area contributed by atoms with Crippen molar-refractivity contribution < 1.29 is 4.79 Å². The SMILES string of the molecule is Cc1cc(C(=O)N(C)C2CCNCC2)c(C)n1C(C)c1ccccc1.Cl. The number of nitrogens with zero attached hydrogens (tertiary/aromatic N) is 2. The number of hydrogen-bond acceptors (Lipinski definition) is 2. The average molecular weight is 376 g/mol. The molecule has 1 aliphatic rings. The summed E-state index contributed by atoms with van der Waals surface area (Å²) in [7, 11) is 1.95. The number of rotatable bonds is 4. The third-order valence-electron chi connectivity index (χ3n) is 5.56. The highest BCUT2D eigenvalue weighted by atomic mass is 35.5. The summed E-state index contributed by atoms with van der Waals surface area (Å²) in [5.41, 5.74) is 4.28. The number of nitrogens with one attached hydrogen (secondary N) is 1. The first kappa shape index (κ1) is 20.5. The zero-order valence-corrected chi connectivity index (χ0v) is 17.0. The number of amides is 1. The van der Waals surface area contributed by atoms with Gasteiger partial charge in [-0.15, -0.1) is 12.4 Å². The Kier molecular flexibility index (Phi) is 6.90. The molecule has 1 fully saturated rings. The molecular formula is C21H30ClN3O. The summed E-state index contributed by atoms with van der Waals surface area (Å²) in [5, 5.41) is 3.36. The van der Waals surface area contributed by atoms with Crippen molar-refractivity contribution in [3.05, 3.63) is 58.9 Å². The van der Waals surface area contributed by atoms with Crippen molar-refractivity contribution in [3.8, 4) is 0 Å². The van der Waals surface area contributed by atoms with Crippen molar-refractivity contribution in [2.75, 3.05) is 20.1 Å². The van der Waals surface area contributed by atoms with Gasteiger partial charge in [-0.3, -0.25) is 4.79 Å². The number of carbonyl (C=O) groups is 1. The normalized spacial score (nSPS) is 16.0. The number of halogens is 1. The van der Waals surface area contributed by atoms with Crippen molar-refractivity contribution in [3.63, 3.8) is 0 Å². The summed E-state index contributed by atoms with van der Waals surface area (Å²) in [6.45, 7) is 8.34. The van der Waals surface area contributed by atoms with E-state index in [4.69, 9.17) is 0 Å². The van der Waals surface area contributed by atoms with Gasteiger partial charge < -0.3 is 14.8 Å². The first-order valence-corrected chi connectivity index (χ1v) is 9.22. The number of aryl methyl sites for hydroxylation is 1. The molecule has 1 saturated heterocycles. The van der Waals surface area contributed by atoms with Crippen LogP contribution >= 0.6 is 12.4 Å². The van der Waals surface area contributed by atoms with E-state index in [0.717, 1.165) is 42.9 Å². The standard InChI is InChI=1S/C21H29N3O.ClH/c1-15-14-20(21(25)23(4)19-10-12-22-13-11-19)17(3)24(15)16(2)18-8-6-5-7-9-18;/h5-9,14,16,19,22H,10-13H2,1-4H3;1H. The molecule has 0 saturated carbocycles. The molecule has 1 unspecified atom stereocenters. The topological polar surface area (TPSA) is 37.3 Å². The van der Waals surface area contributed by atoms with Gasteiger partial charge in [-0.25, -0.2) is 0 Å². The zero-order chi connectivity index (χ0) is 18.0. The fourth-order valence-electron chi connectivity index (χ4n) is 4.02. The Labute approximate surface area is 163 Å². The van der Waals surface area contributed by atoms with E-state index >= 15 is 0 Å². The lowest BCUT2D eigenvalue weighted by Gasteiger charge is -2.31. The van der Waals surface area contributed by atoms with Crippen molar-refractivity contribution in [2.24, 2.45) is 0 Å². The molecule has 0 aliphatic carbocycles. The van der Waals surface area contributed by atoms with E-state index in [9.17, 15) is 4.79 Å². The first-order chi connectivity index (χ1) is 12.0. The average Bonchev–Trinajstić information content (AvgIpc) is 2.95. The molecule has 26 heavy (non-hydrogen) atoms. The third kappa shape index (κ3) is 3.97. The van der Waals surface area contributed by atoms with Gasteiger partial charge in [0.15, 0.2) is 0 Å². The Hall–Kier alpha value is -1.78. The molecule has 1 aromatic carbocycles. The quantitative estimate of drug-likeness (QED) is 0.878. The summed E-state index contributed by atoms with van der Waals surface area (Å²) < 4.78 is 2.28. The van der Waals surface area contributed by atoms with Gasteiger partial charge in [-0.05, 0) is 58.3 Å². The minimum absolute atomic E-state index is 0. The van der Waals surface area contributed by atoms with E-state index < -0.39 is 0 Å². The molecule has 5 heteroatoms. The van der Waals surface area contributed by atoms with Crippen LogP contribution in [0.1, 0.15) is 53.1 Å². The van der Waals surface area contributed by atoms with E-state index in [-0.39, 0.29) is 24.4 Å². The van der Waals surface area contributed by atoms with E-state index in [0.29, 0.717) is 6.04 Å². The predicted octanol–water partition coefficient (Wildman–Crippen LogP) is 3.96. The number of piperidine rings is 1. The highest BCUT2D eigenvalue weighted by molar-refractivity contribution is 5.95. The fraction of sp³-hybridized carbons (Fsp3) is 0.476. The minimum Gasteiger partial charge on any atom is -0.341 e. The first-order valence-electron chi connectivity index (χ1n) is 9.22. The maximum Gasteiger partial charge on any atom is 0.255 e. The Morgan fingerprint density at radius 1 is 1.19 bits per heavy atom. The summed E-state index contributed by atoms with van der Waals surface area (Å²) >= 11 is 0. The van der Waals surface area contributed by atoms with Crippen LogP contribution in [0.3, 0.4) is 0 Å². The van der Waals surface area contributed by atoms with Crippen molar-refractivity contribution in [1.82, 2.24) is 14.8 Å². The second kappa shape index (κ2) is 8.74. The smallest absolute Gasteiger partial charge is 0.255 e. The van der Waals surface area contributed by atoms with E-state index in [1.807, 2.05) is 18.0 Å². The molecule has 3 rings (SSSR count). The fourth-order valence-corrected chi connectivity index (χ4v) is 4.02. The lowest BCUT2D eigenvalue weighted by Crippen LogP contribution is -2.44. The molecule has 0 spiro atoms. The molecular weight excluding hydrogens is 346 g/mol. The Morgan fingerprint density at radius 3 is 2.42 bits per heavy atom. The summed E-state index contributed by atoms with van der Waals surface area (Å²) in [4.78, 5) is 15.0. The van der Waals surface area contributed by atoms with E-state index in [1.165, 1.54) is 5.56 Å². The van der Waals surface area contributed by atoms with Gasteiger partial charge in [0, 0.05) is 24.5 Å². The second-order valence-corrected chi connectivity index (χ2v) is 7.14. The predicted molar refractivity (Wildman–Crippen MR) is 109 cm³/mol. The molecule has 0 radical (unpaired) electrons. The molecule has 1 aliphatic heterocycles. The van der Waals surface area contributed by atoms with Crippen LogP contribution in [0.15, 0.2) is 36.4 Å². The molecule has 1 aromatic heterocycles. The van der Waals surface area contributed by atoms with Crippen LogP contribution in [-0.2, 0) is 0 Å². The number of aromatic nitrogens is 1. The molecule has 1 atom stereocenters. The van der Waals surface area contributed by atoms with Gasteiger partial charge in [0.05, 0.1) is 11.6 Å². The van der Waals surface area contributed by atoms with Crippen LogP contribution in [0.5, 0.6) is 0 Å². The van der Waals surface area contributed by atoms with Crippen molar-refractivity contribution >= 4 is 18.3 Å². The Bertz CT molecular complexity index is 735. The highest BCUT2D eigenvalue weighted by Crippen LogP contribution is 2.27. The molecule has 2 aromatic rings. The summed E-state index contributed by atoms with van der Waals surface area (Å²) in [5.74, 6) is 0.145. The molecule has 0 bridgehead atoms. The van der Waals surface area contributed by atoms with E-state index in [2.05, 4.69) is 61.0 Å². The molecule has 2 heterocycles. The second-order valence-electron chi connectivity index (χ2n) is 7.14. The number of hydrogen-bond donors (Lipinski definition) is 1. The molecule has 142 valence electrons. The maximum absolute atomic E-state index is 13.1. The zero-order valence-electron chi connectivity index (χ0n) is 16.2. The Balaban J connectivity index is 0.00000243. The van der Waals surface area contributed by atoms with Gasteiger partial charge in [0.1, 0.15) is 0 Å². The summed E-state index contributed by atoms with van der Waals surface area (Å²) in [6.07, 6.45) is 2.06. The van der Waals surface area contributed by atoms with Gasteiger partial charge >= 0.3 is 0 Å². The third-order valence-corrected chi connectivity index (χ3v) is 5.56. The minimum atomic E-state index is 0. The van der Waals surface area contributed by atoms with Crippen LogP contribution in [-0.4, -0.2) is 41.6 Å². The van der Waals surface area contributed by atoms with Crippen LogP contribution < -0.4 is 5.32 Å². The van der Waals surface area contributed by atoms with Crippen LogP contribution in [0, 0.1) is 13.8 Å². The monoisotopic (exact) mass is 375 g/mol. The molecule has 1 amide bonds. The van der Waals surface area contributed by atoms with Crippen molar-refractivity contribution in [2.45, 2.75) is 45.7 Å². The van der Waals surface area contributed by atoms with Crippen LogP contribution in [0.4, 0.5) is 0 Å². The van der Waals surface area contributed by atoms with Gasteiger partial charge in [0.25, 0.3) is 5.91 Å². The number of benzene rings is 1. The largest absolute Gasteiger partial charge is 0.341 e. The van der Waals surface area contributed by atoms with Gasteiger partial charge in [0.2, 0.25) is 0 Å². The lowest BCUT2D eigenvalue weighted by molar-refractivity contribution is 0.0702.